The van der Waals surface area contributed by atoms with E-state index in [2.05, 4.69) is 43.2 Å². The number of hydrogen-bond acceptors (Lipinski definition) is 3. The Morgan fingerprint density at radius 1 is 1.04 bits per heavy atom. The van der Waals surface area contributed by atoms with Crippen LogP contribution in [0.2, 0.25) is 0 Å². The molecule has 5 heteroatoms. The van der Waals surface area contributed by atoms with Crippen LogP contribution in [0, 0.1) is 25.7 Å². The van der Waals surface area contributed by atoms with Gasteiger partial charge in [-0.15, -0.1) is 0 Å². The first-order valence-corrected chi connectivity index (χ1v) is 8.58. The van der Waals surface area contributed by atoms with Gasteiger partial charge in [-0.05, 0) is 42.9 Å². The molecule has 0 unspecified atom stereocenters. The van der Waals surface area contributed by atoms with Crippen molar-refractivity contribution in [3.8, 4) is 0 Å². The molecule has 134 valence electrons. The smallest absolute Gasteiger partial charge is 0.307 e. The molecule has 1 aromatic carbocycles. The molecule has 0 atom stereocenters. The second kappa shape index (κ2) is 9.42. The molecular formula is C19H31N3O2. The number of nitrogens with zero attached hydrogens (tertiary/aromatic N) is 1. The van der Waals surface area contributed by atoms with Crippen LogP contribution >= 0.6 is 0 Å². The van der Waals surface area contributed by atoms with Gasteiger partial charge >= 0.3 is 6.03 Å². The molecule has 0 aromatic heterocycles. The van der Waals surface area contributed by atoms with E-state index in [4.69, 9.17) is 0 Å². The van der Waals surface area contributed by atoms with Gasteiger partial charge in [0.2, 0.25) is 5.91 Å². The van der Waals surface area contributed by atoms with E-state index in [-0.39, 0.29) is 12.5 Å². The van der Waals surface area contributed by atoms with Gasteiger partial charge in [-0.3, -0.25) is 15.0 Å². The number of nitrogens with one attached hydrogen (secondary N) is 2. The maximum Gasteiger partial charge on any atom is 0.325 e. The molecule has 1 aromatic rings. The van der Waals surface area contributed by atoms with Crippen LogP contribution in [0.1, 0.15) is 38.8 Å². The minimum atomic E-state index is -0.484. The van der Waals surface area contributed by atoms with Gasteiger partial charge in [-0.1, -0.05) is 39.8 Å². The number of hydrogen-bond donors (Lipinski definition) is 2. The van der Waals surface area contributed by atoms with E-state index in [1.807, 2.05) is 32.0 Å². The zero-order chi connectivity index (χ0) is 18.3. The van der Waals surface area contributed by atoms with E-state index < -0.39 is 6.03 Å². The summed E-state index contributed by atoms with van der Waals surface area (Å²) < 4.78 is 0. The van der Waals surface area contributed by atoms with Crippen LogP contribution in [0.5, 0.6) is 0 Å². The van der Waals surface area contributed by atoms with Gasteiger partial charge < -0.3 is 5.32 Å². The Labute approximate surface area is 145 Å². The quantitative estimate of drug-likeness (QED) is 0.802. The Morgan fingerprint density at radius 2 is 1.62 bits per heavy atom. The maximum atomic E-state index is 12.2. The van der Waals surface area contributed by atoms with Gasteiger partial charge in [-0.25, -0.2) is 4.79 Å². The van der Waals surface area contributed by atoms with Crippen molar-refractivity contribution in [3.63, 3.8) is 0 Å². The van der Waals surface area contributed by atoms with Crippen LogP contribution in [0.4, 0.5) is 10.5 Å². The molecule has 1 rings (SSSR count). The average molecular weight is 333 g/mol. The average Bonchev–Trinajstić information content (AvgIpc) is 2.42. The number of imide groups is 1. The summed E-state index contributed by atoms with van der Waals surface area (Å²) in [7, 11) is 0. The normalized spacial score (nSPS) is 11.2. The van der Waals surface area contributed by atoms with E-state index in [9.17, 15) is 9.59 Å². The number of carbonyl (C=O) groups is 2. The van der Waals surface area contributed by atoms with Crippen molar-refractivity contribution in [1.82, 2.24) is 10.2 Å². The number of anilines is 1. The fourth-order valence-electron chi connectivity index (χ4n) is 2.65. The lowest BCUT2D eigenvalue weighted by atomic mass is 10.1. The molecule has 0 bridgehead atoms. The second-order valence-electron chi connectivity index (χ2n) is 7.23. The van der Waals surface area contributed by atoms with Crippen molar-refractivity contribution in [2.75, 3.05) is 25.0 Å². The number of benzene rings is 1. The van der Waals surface area contributed by atoms with Gasteiger partial charge in [0.15, 0.2) is 0 Å². The Bertz CT molecular complexity index is 558. The second-order valence-corrected chi connectivity index (χ2v) is 7.23. The standard InChI is InChI=1S/C19H31N3O2/c1-13(2)10-22(11-14(3)4)12-18(23)21-19(24)20-17-9-7-8-15(5)16(17)6/h7-9,13-14H,10-12H2,1-6H3,(H2,20,21,23,24). The summed E-state index contributed by atoms with van der Waals surface area (Å²) in [6, 6.07) is 5.21. The zero-order valence-electron chi connectivity index (χ0n) is 15.8. The van der Waals surface area contributed by atoms with Crippen molar-refractivity contribution in [2.45, 2.75) is 41.5 Å². The van der Waals surface area contributed by atoms with Gasteiger partial charge in [-0.2, -0.15) is 0 Å². The molecular weight excluding hydrogens is 302 g/mol. The van der Waals surface area contributed by atoms with Crippen LogP contribution in [-0.2, 0) is 4.79 Å². The van der Waals surface area contributed by atoms with Gasteiger partial charge in [0.25, 0.3) is 0 Å². The molecule has 5 nitrogen and oxygen atoms in total. The first-order chi connectivity index (χ1) is 11.2. The summed E-state index contributed by atoms with van der Waals surface area (Å²) in [5.74, 6) is 0.666. The highest BCUT2D eigenvalue weighted by Gasteiger charge is 2.16. The number of urea groups is 1. The van der Waals surface area contributed by atoms with E-state index in [0.29, 0.717) is 11.8 Å². The number of amides is 3. The molecule has 3 amide bonds. The molecule has 0 spiro atoms. The lowest BCUT2D eigenvalue weighted by molar-refractivity contribution is -0.121. The SMILES string of the molecule is Cc1cccc(NC(=O)NC(=O)CN(CC(C)C)CC(C)C)c1C. The topological polar surface area (TPSA) is 61.4 Å². The first kappa shape index (κ1) is 20.2. The van der Waals surface area contributed by atoms with Crippen molar-refractivity contribution in [3.05, 3.63) is 29.3 Å². The molecule has 0 aliphatic carbocycles. The number of aryl methyl sites for hydroxylation is 1. The molecule has 24 heavy (non-hydrogen) atoms. The third kappa shape index (κ3) is 7.13. The largest absolute Gasteiger partial charge is 0.325 e. The van der Waals surface area contributed by atoms with Crippen LogP contribution < -0.4 is 10.6 Å². The summed E-state index contributed by atoms with van der Waals surface area (Å²) in [5, 5.41) is 5.17. The number of rotatable bonds is 7. The van der Waals surface area contributed by atoms with Crippen molar-refractivity contribution < 1.29 is 9.59 Å². The molecule has 0 saturated heterocycles. The molecule has 0 heterocycles. The molecule has 0 radical (unpaired) electrons. The van der Waals surface area contributed by atoms with E-state index in [1.54, 1.807) is 0 Å². The fourth-order valence-corrected chi connectivity index (χ4v) is 2.65. The summed E-state index contributed by atoms with van der Waals surface area (Å²) in [6.45, 7) is 14.3. The van der Waals surface area contributed by atoms with Crippen molar-refractivity contribution >= 4 is 17.6 Å². The van der Waals surface area contributed by atoms with Crippen molar-refractivity contribution in [1.29, 1.82) is 0 Å². The monoisotopic (exact) mass is 333 g/mol. The molecule has 0 saturated carbocycles. The van der Waals surface area contributed by atoms with E-state index >= 15 is 0 Å². The molecule has 0 aliphatic heterocycles. The predicted molar refractivity (Wildman–Crippen MR) is 99.2 cm³/mol. The molecule has 0 fully saturated rings. The Kier molecular flexibility index (Phi) is 7.92. The Hall–Kier alpha value is -1.88. The highest BCUT2D eigenvalue weighted by molar-refractivity contribution is 6.02. The molecule has 2 N–H and O–H groups in total. The lowest BCUT2D eigenvalue weighted by Gasteiger charge is -2.25. The first-order valence-electron chi connectivity index (χ1n) is 8.58. The third-order valence-corrected chi connectivity index (χ3v) is 3.72. The predicted octanol–water partition coefficient (Wildman–Crippen LogP) is 3.57. The fraction of sp³-hybridized carbons (Fsp3) is 0.579. The van der Waals surface area contributed by atoms with Gasteiger partial charge in [0.05, 0.1) is 6.54 Å². The van der Waals surface area contributed by atoms with Crippen LogP contribution in [0.3, 0.4) is 0 Å². The maximum absolute atomic E-state index is 12.2. The lowest BCUT2D eigenvalue weighted by Crippen LogP contribution is -2.44. The van der Waals surface area contributed by atoms with Gasteiger partial charge in [0, 0.05) is 18.8 Å². The highest BCUT2D eigenvalue weighted by Crippen LogP contribution is 2.17. The van der Waals surface area contributed by atoms with Gasteiger partial charge in [0.1, 0.15) is 0 Å². The van der Waals surface area contributed by atoms with E-state index in [0.717, 1.165) is 29.9 Å². The minimum absolute atomic E-state index is 0.233. The molecule has 0 aliphatic rings. The van der Waals surface area contributed by atoms with Crippen LogP contribution in [-0.4, -0.2) is 36.5 Å². The van der Waals surface area contributed by atoms with Crippen molar-refractivity contribution in [2.24, 2.45) is 11.8 Å². The van der Waals surface area contributed by atoms with Crippen LogP contribution in [0.15, 0.2) is 18.2 Å². The summed E-state index contributed by atoms with van der Waals surface area (Å²) in [6.07, 6.45) is 0. The summed E-state index contributed by atoms with van der Waals surface area (Å²) >= 11 is 0. The Balaban J connectivity index is 2.58. The highest BCUT2D eigenvalue weighted by atomic mass is 16.2. The number of carbonyl (C=O) groups excluding carboxylic acids is 2. The summed E-state index contributed by atoms with van der Waals surface area (Å²) in [4.78, 5) is 26.3. The Morgan fingerprint density at radius 3 is 2.17 bits per heavy atom. The zero-order valence-corrected chi connectivity index (χ0v) is 15.8. The van der Waals surface area contributed by atoms with Crippen LogP contribution in [0.25, 0.3) is 0 Å². The minimum Gasteiger partial charge on any atom is -0.307 e. The summed E-state index contributed by atoms with van der Waals surface area (Å²) in [5.41, 5.74) is 2.82. The van der Waals surface area contributed by atoms with E-state index in [1.165, 1.54) is 0 Å². The third-order valence-electron chi connectivity index (χ3n) is 3.72.